The second kappa shape index (κ2) is 5.40. The van der Waals surface area contributed by atoms with E-state index in [0.29, 0.717) is 11.3 Å². The molecule has 0 atom stereocenters. The van der Waals surface area contributed by atoms with E-state index >= 15 is 0 Å². The number of hydrogen-bond acceptors (Lipinski definition) is 3. The molecule has 0 bridgehead atoms. The summed E-state index contributed by atoms with van der Waals surface area (Å²) in [6, 6.07) is 6.00. The number of imide groups is 1. The zero-order valence-electron chi connectivity index (χ0n) is 12.2. The number of hydrogen-bond donors (Lipinski definition) is 1. The minimum atomic E-state index is -0.425. The monoisotopic (exact) mass is 351 g/mol. The van der Waals surface area contributed by atoms with Gasteiger partial charge in [0.15, 0.2) is 0 Å². The van der Waals surface area contributed by atoms with E-state index in [4.69, 9.17) is 23.2 Å². The quantitative estimate of drug-likeness (QED) is 0.845. The van der Waals surface area contributed by atoms with Crippen LogP contribution in [-0.2, 0) is 7.05 Å². The average molecular weight is 352 g/mol. The van der Waals surface area contributed by atoms with E-state index in [1.54, 1.807) is 13.1 Å². The van der Waals surface area contributed by atoms with Gasteiger partial charge in [0.2, 0.25) is 0 Å². The summed E-state index contributed by atoms with van der Waals surface area (Å²) in [5.74, 6) is -1.18. The molecule has 0 unspecified atom stereocenters. The summed E-state index contributed by atoms with van der Waals surface area (Å²) in [6.07, 6.45) is 0. The van der Waals surface area contributed by atoms with Crippen molar-refractivity contribution in [1.29, 1.82) is 0 Å². The largest absolute Gasteiger partial charge is 0.329 e. The number of carbonyl (C=O) groups is 3. The molecule has 0 saturated heterocycles. The number of aromatic nitrogens is 1. The molecule has 1 aliphatic heterocycles. The van der Waals surface area contributed by atoms with Gasteiger partial charge >= 0.3 is 0 Å². The maximum absolute atomic E-state index is 12.3. The fourth-order valence-corrected chi connectivity index (χ4v) is 2.77. The average Bonchev–Trinajstić information content (AvgIpc) is 2.91. The number of halogens is 2. The molecule has 0 fully saturated rings. The van der Waals surface area contributed by atoms with Gasteiger partial charge in [0.1, 0.15) is 10.8 Å². The highest BCUT2D eigenvalue weighted by Gasteiger charge is 2.32. The first-order chi connectivity index (χ1) is 10.8. The van der Waals surface area contributed by atoms with E-state index in [2.05, 4.69) is 5.32 Å². The highest BCUT2D eigenvalue weighted by Crippen LogP contribution is 2.27. The van der Waals surface area contributed by atoms with Crippen LogP contribution in [0.5, 0.6) is 0 Å². The van der Waals surface area contributed by atoms with Crippen molar-refractivity contribution in [3.63, 3.8) is 0 Å². The van der Waals surface area contributed by atoms with Crippen LogP contribution in [0.15, 0.2) is 24.3 Å². The molecule has 1 N–H and O–H groups in total. The second-order valence-corrected chi connectivity index (χ2v) is 5.88. The van der Waals surface area contributed by atoms with E-state index in [0.717, 1.165) is 4.90 Å². The maximum atomic E-state index is 12.3. The molecule has 3 amide bonds. The van der Waals surface area contributed by atoms with E-state index in [9.17, 15) is 14.4 Å². The topological polar surface area (TPSA) is 71.4 Å². The number of carbonyl (C=O) groups excluding carboxylic acids is 3. The third kappa shape index (κ3) is 2.40. The lowest BCUT2D eigenvalue weighted by Gasteiger charge is -2.07. The van der Waals surface area contributed by atoms with Gasteiger partial charge in [-0.2, -0.15) is 0 Å². The third-order valence-electron chi connectivity index (χ3n) is 3.70. The molecule has 8 heteroatoms. The van der Waals surface area contributed by atoms with Gasteiger partial charge in [-0.25, -0.2) is 0 Å². The molecular formula is C15H11Cl2N3O3. The van der Waals surface area contributed by atoms with Crippen LogP contribution >= 0.6 is 23.2 Å². The number of benzene rings is 1. The molecule has 2 heterocycles. The molecule has 3 rings (SSSR count). The van der Waals surface area contributed by atoms with Gasteiger partial charge in [0.05, 0.1) is 16.1 Å². The summed E-state index contributed by atoms with van der Waals surface area (Å²) in [4.78, 5) is 37.1. The van der Waals surface area contributed by atoms with Crippen LogP contribution in [0, 0.1) is 0 Å². The molecule has 1 aromatic heterocycles. The van der Waals surface area contributed by atoms with E-state index in [1.165, 1.54) is 29.8 Å². The summed E-state index contributed by atoms with van der Waals surface area (Å²) in [5, 5.41) is 3.19. The minimum absolute atomic E-state index is 0.258. The smallest absolute Gasteiger partial charge is 0.272 e. The summed E-state index contributed by atoms with van der Waals surface area (Å²) in [5.41, 5.74) is 1.26. The Hall–Kier alpha value is -2.31. The summed E-state index contributed by atoms with van der Waals surface area (Å²) in [7, 11) is 3.03. The summed E-state index contributed by atoms with van der Waals surface area (Å²) >= 11 is 11.8. The van der Waals surface area contributed by atoms with Gasteiger partial charge in [-0.3, -0.25) is 19.3 Å². The molecule has 6 nitrogen and oxygen atoms in total. The van der Waals surface area contributed by atoms with Crippen molar-refractivity contribution in [2.24, 2.45) is 7.05 Å². The van der Waals surface area contributed by atoms with Crippen molar-refractivity contribution < 1.29 is 14.4 Å². The summed E-state index contributed by atoms with van der Waals surface area (Å²) < 4.78 is 1.45. The lowest BCUT2D eigenvalue weighted by Crippen LogP contribution is -2.24. The van der Waals surface area contributed by atoms with Crippen molar-refractivity contribution >= 4 is 46.6 Å². The van der Waals surface area contributed by atoms with Crippen LogP contribution in [0.25, 0.3) is 0 Å². The van der Waals surface area contributed by atoms with Gasteiger partial charge in [-0.15, -0.1) is 0 Å². The van der Waals surface area contributed by atoms with Crippen molar-refractivity contribution in [2.45, 2.75) is 0 Å². The lowest BCUT2D eigenvalue weighted by atomic mass is 10.1. The van der Waals surface area contributed by atoms with Crippen LogP contribution in [0.1, 0.15) is 31.2 Å². The molecule has 0 aliphatic carbocycles. The number of nitrogens with one attached hydrogen (secondary N) is 1. The molecule has 1 aliphatic rings. The second-order valence-electron chi connectivity index (χ2n) is 5.11. The standard InChI is InChI=1S/C15H11Cl2N3O3/c1-19-11(6-10(16)12(19)17)13(21)18-7-3-4-8-9(5-7)15(23)20(2)14(8)22/h3-6H,1-2H3,(H,18,21). The number of amides is 3. The molecule has 1 aromatic carbocycles. The normalized spacial score (nSPS) is 13.5. The van der Waals surface area contributed by atoms with Gasteiger partial charge in [-0.1, -0.05) is 23.2 Å². The Morgan fingerprint density at radius 3 is 2.30 bits per heavy atom. The van der Waals surface area contributed by atoms with E-state index < -0.39 is 11.8 Å². The van der Waals surface area contributed by atoms with Crippen LogP contribution < -0.4 is 5.32 Å². The third-order valence-corrected chi connectivity index (χ3v) is 4.54. The van der Waals surface area contributed by atoms with E-state index in [-0.39, 0.29) is 27.3 Å². The first kappa shape index (κ1) is 15.6. The predicted molar refractivity (Wildman–Crippen MR) is 86.3 cm³/mol. The molecule has 2 aromatic rings. The fraction of sp³-hybridized carbons (Fsp3) is 0.133. The minimum Gasteiger partial charge on any atom is -0.329 e. The predicted octanol–water partition coefficient (Wildman–Crippen LogP) is 2.81. The SMILES string of the molecule is CN1C(=O)c2ccc(NC(=O)c3cc(Cl)c(Cl)n3C)cc2C1=O. The Morgan fingerprint density at radius 1 is 1.04 bits per heavy atom. The van der Waals surface area contributed by atoms with Crippen LogP contribution in [-0.4, -0.2) is 34.2 Å². The molecule has 0 radical (unpaired) electrons. The van der Waals surface area contributed by atoms with E-state index in [1.807, 2.05) is 0 Å². The van der Waals surface area contributed by atoms with Gasteiger partial charge in [0.25, 0.3) is 17.7 Å². The maximum Gasteiger partial charge on any atom is 0.272 e. The van der Waals surface area contributed by atoms with Gasteiger partial charge < -0.3 is 9.88 Å². The Kier molecular flexibility index (Phi) is 3.66. The molecule has 0 spiro atoms. The highest BCUT2D eigenvalue weighted by atomic mass is 35.5. The van der Waals surface area contributed by atoms with Crippen LogP contribution in [0.3, 0.4) is 0 Å². The first-order valence-corrected chi connectivity index (χ1v) is 7.35. The van der Waals surface area contributed by atoms with Crippen molar-refractivity contribution in [2.75, 3.05) is 12.4 Å². The number of rotatable bonds is 2. The van der Waals surface area contributed by atoms with Gasteiger partial charge in [-0.05, 0) is 24.3 Å². The lowest BCUT2D eigenvalue weighted by molar-refractivity contribution is 0.0692. The highest BCUT2D eigenvalue weighted by molar-refractivity contribution is 6.42. The van der Waals surface area contributed by atoms with Crippen LogP contribution in [0.4, 0.5) is 5.69 Å². The molecular weight excluding hydrogens is 341 g/mol. The Morgan fingerprint density at radius 2 is 1.70 bits per heavy atom. The molecule has 23 heavy (non-hydrogen) atoms. The molecule has 0 saturated carbocycles. The van der Waals surface area contributed by atoms with Crippen molar-refractivity contribution in [3.8, 4) is 0 Å². The van der Waals surface area contributed by atoms with Crippen molar-refractivity contribution in [3.05, 3.63) is 51.3 Å². The first-order valence-electron chi connectivity index (χ1n) is 6.59. The zero-order valence-corrected chi connectivity index (χ0v) is 13.7. The van der Waals surface area contributed by atoms with Crippen molar-refractivity contribution in [1.82, 2.24) is 9.47 Å². The Labute approximate surface area is 141 Å². The molecule has 118 valence electrons. The zero-order chi connectivity index (χ0) is 16.9. The Bertz CT molecular complexity index is 873. The number of anilines is 1. The Balaban J connectivity index is 1.90. The summed E-state index contributed by atoms with van der Waals surface area (Å²) in [6.45, 7) is 0. The number of nitrogens with zero attached hydrogens (tertiary/aromatic N) is 2. The van der Waals surface area contributed by atoms with Crippen LogP contribution in [0.2, 0.25) is 10.2 Å². The fourth-order valence-electron chi connectivity index (χ4n) is 2.39. The number of fused-ring (bicyclic) bond motifs is 1. The van der Waals surface area contributed by atoms with Gasteiger partial charge in [0, 0.05) is 19.8 Å².